The summed E-state index contributed by atoms with van der Waals surface area (Å²) in [6.07, 6.45) is 4.75. The van der Waals surface area contributed by atoms with Crippen LogP contribution in [0.4, 0.5) is 0 Å². The monoisotopic (exact) mass is 323 g/mol. The first-order chi connectivity index (χ1) is 9.13. The largest absolute Gasteiger partial charge is 0.396 e. The predicted molar refractivity (Wildman–Crippen MR) is 81.2 cm³/mol. The van der Waals surface area contributed by atoms with Crippen LogP contribution in [-0.4, -0.2) is 29.7 Å². The van der Waals surface area contributed by atoms with E-state index in [0.717, 1.165) is 13.0 Å². The van der Waals surface area contributed by atoms with E-state index < -0.39 is 0 Å². The lowest BCUT2D eigenvalue weighted by Gasteiger charge is -2.42. The maximum atomic E-state index is 9.62. The van der Waals surface area contributed by atoms with Crippen molar-refractivity contribution < 1.29 is 5.11 Å². The second-order valence-electron chi connectivity index (χ2n) is 6.40. The summed E-state index contributed by atoms with van der Waals surface area (Å²) in [6, 6.07) is 7.13. The zero-order valence-electron chi connectivity index (χ0n) is 11.5. The summed E-state index contributed by atoms with van der Waals surface area (Å²) in [7, 11) is 0. The van der Waals surface area contributed by atoms with Gasteiger partial charge in [0.15, 0.2) is 0 Å². The van der Waals surface area contributed by atoms with E-state index in [1.54, 1.807) is 0 Å². The first-order valence-corrected chi connectivity index (χ1v) is 8.04. The molecular formula is C16H22BrNO. The molecule has 0 amide bonds. The van der Waals surface area contributed by atoms with Crippen molar-refractivity contribution in [3.8, 4) is 0 Å². The van der Waals surface area contributed by atoms with Gasteiger partial charge in [-0.15, -0.1) is 0 Å². The third-order valence-corrected chi connectivity index (χ3v) is 5.56. The van der Waals surface area contributed by atoms with E-state index in [2.05, 4.69) is 46.0 Å². The number of nitrogens with zero attached hydrogens (tertiary/aromatic N) is 1. The summed E-state index contributed by atoms with van der Waals surface area (Å²) in [5.41, 5.74) is 3.08. The maximum Gasteiger partial charge on any atom is 0.0497 e. The highest BCUT2D eigenvalue weighted by Crippen LogP contribution is 2.42. The van der Waals surface area contributed by atoms with Crippen LogP contribution in [-0.2, 0) is 6.42 Å². The molecular weight excluding hydrogens is 302 g/mol. The topological polar surface area (TPSA) is 23.5 Å². The highest BCUT2D eigenvalue weighted by atomic mass is 79.9. The van der Waals surface area contributed by atoms with E-state index in [1.807, 2.05) is 0 Å². The second kappa shape index (κ2) is 5.19. The molecule has 1 aliphatic heterocycles. The van der Waals surface area contributed by atoms with Crippen molar-refractivity contribution in [3.05, 3.63) is 33.8 Å². The van der Waals surface area contributed by atoms with Gasteiger partial charge in [0.05, 0.1) is 0 Å². The number of hydrogen-bond acceptors (Lipinski definition) is 2. The van der Waals surface area contributed by atoms with Gasteiger partial charge in [0.1, 0.15) is 0 Å². The number of hydrogen-bond donors (Lipinski definition) is 1. The Balaban J connectivity index is 1.84. The summed E-state index contributed by atoms with van der Waals surface area (Å²) in [4.78, 5) is 2.60. The Hall–Kier alpha value is -0.380. The Morgan fingerprint density at radius 1 is 1.47 bits per heavy atom. The molecule has 2 aliphatic rings. The standard InChI is InChI=1S/C16H22BrNO/c1-16(11-19)8-3-9-18(10-16)15-7-6-12-13(15)4-2-5-14(12)17/h2,4-5,15,19H,3,6-11H2,1H3. The van der Waals surface area contributed by atoms with Gasteiger partial charge >= 0.3 is 0 Å². The zero-order chi connectivity index (χ0) is 13.5. The maximum absolute atomic E-state index is 9.62. The van der Waals surface area contributed by atoms with E-state index in [9.17, 15) is 5.11 Å². The molecule has 2 nitrogen and oxygen atoms in total. The van der Waals surface area contributed by atoms with Crippen LogP contribution in [0.3, 0.4) is 0 Å². The van der Waals surface area contributed by atoms with Crippen molar-refractivity contribution in [2.45, 2.75) is 38.6 Å². The Kier molecular flexibility index (Phi) is 3.71. The number of halogens is 1. The summed E-state index contributed by atoms with van der Waals surface area (Å²) in [6.45, 7) is 4.73. The van der Waals surface area contributed by atoms with Gasteiger partial charge in [-0.25, -0.2) is 0 Å². The Morgan fingerprint density at radius 2 is 2.32 bits per heavy atom. The van der Waals surface area contributed by atoms with Crippen LogP contribution in [0.2, 0.25) is 0 Å². The van der Waals surface area contributed by atoms with Gasteiger partial charge < -0.3 is 5.11 Å². The van der Waals surface area contributed by atoms with Crippen molar-refractivity contribution in [3.63, 3.8) is 0 Å². The molecule has 104 valence electrons. The summed E-state index contributed by atoms with van der Waals surface area (Å²) < 4.78 is 1.26. The lowest BCUT2D eigenvalue weighted by molar-refractivity contribution is 0.0245. The first kappa shape index (κ1) is 13.6. The minimum Gasteiger partial charge on any atom is -0.396 e. The molecule has 3 heteroatoms. The SMILES string of the molecule is CC1(CO)CCCN(C2CCc3c(Br)cccc32)C1. The van der Waals surface area contributed by atoms with E-state index in [4.69, 9.17) is 0 Å². The molecule has 0 radical (unpaired) electrons. The highest BCUT2D eigenvalue weighted by Gasteiger charge is 2.36. The van der Waals surface area contributed by atoms with Crippen LogP contribution < -0.4 is 0 Å². The zero-order valence-corrected chi connectivity index (χ0v) is 13.1. The van der Waals surface area contributed by atoms with Gasteiger partial charge in [-0.3, -0.25) is 4.90 Å². The molecule has 1 aromatic rings. The van der Waals surface area contributed by atoms with Gasteiger partial charge in [-0.2, -0.15) is 0 Å². The van der Waals surface area contributed by atoms with Crippen molar-refractivity contribution >= 4 is 15.9 Å². The predicted octanol–water partition coefficient (Wildman–Crippen LogP) is 3.53. The third-order valence-electron chi connectivity index (χ3n) is 4.81. The molecule has 0 aromatic heterocycles. The Morgan fingerprint density at radius 3 is 3.11 bits per heavy atom. The number of aliphatic hydroxyl groups is 1. The van der Waals surface area contributed by atoms with Crippen LogP contribution in [0, 0.1) is 5.41 Å². The number of rotatable bonds is 2. The van der Waals surface area contributed by atoms with E-state index in [0.29, 0.717) is 12.6 Å². The van der Waals surface area contributed by atoms with Gasteiger partial charge in [-0.05, 0) is 49.4 Å². The molecule has 3 rings (SSSR count). The van der Waals surface area contributed by atoms with Crippen LogP contribution in [0.5, 0.6) is 0 Å². The van der Waals surface area contributed by atoms with Crippen LogP contribution in [0.25, 0.3) is 0 Å². The fourth-order valence-electron chi connectivity index (χ4n) is 3.72. The average Bonchev–Trinajstić information content (AvgIpc) is 2.84. The number of likely N-dealkylation sites (tertiary alicyclic amines) is 1. The molecule has 1 aliphatic carbocycles. The highest BCUT2D eigenvalue weighted by molar-refractivity contribution is 9.10. The molecule has 2 atom stereocenters. The fourth-order valence-corrected chi connectivity index (χ4v) is 4.30. The van der Waals surface area contributed by atoms with E-state index in [-0.39, 0.29) is 5.41 Å². The van der Waals surface area contributed by atoms with Crippen LogP contribution >= 0.6 is 15.9 Å². The molecule has 2 unspecified atom stereocenters. The normalized spacial score (nSPS) is 31.4. The van der Waals surface area contributed by atoms with Crippen molar-refractivity contribution in [1.82, 2.24) is 4.90 Å². The van der Waals surface area contributed by atoms with Gasteiger partial charge in [-0.1, -0.05) is 35.0 Å². The Labute approximate surface area is 123 Å². The average molecular weight is 324 g/mol. The number of fused-ring (bicyclic) bond motifs is 1. The molecule has 1 heterocycles. The van der Waals surface area contributed by atoms with Crippen molar-refractivity contribution in [2.24, 2.45) is 5.41 Å². The molecule has 0 saturated carbocycles. The molecule has 1 N–H and O–H groups in total. The minimum absolute atomic E-state index is 0.0903. The molecule has 1 aromatic carbocycles. The number of benzene rings is 1. The third kappa shape index (κ3) is 2.48. The van der Waals surface area contributed by atoms with Gasteiger partial charge in [0.2, 0.25) is 0 Å². The lowest BCUT2D eigenvalue weighted by atomic mass is 9.82. The van der Waals surface area contributed by atoms with Crippen molar-refractivity contribution in [1.29, 1.82) is 0 Å². The lowest BCUT2D eigenvalue weighted by Crippen LogP contribution is -2.44. The smallest absolute Gasteiger partial charge is 0.0497 e. The molecule has 19 heavy (non-hydrogen) atoms. The van der Waals surface area contributed by atoms with Crippen molar-refractivity contribution in [2.75, 3.05) is 19.7 Å². The molecule has 0 bridgehead atoms. The number of aliphatic hydroxyl groups excluding tert-OH is 1. The van der Waals surface area contributed by atoms with Gasteiger partial charge in [0, 0.05) is 29.1 Å². The van der Waals surface area contributed by atoms with E-state index >= 15 is 0 Å². The summed E-state index contributed by atoms with van der Waals surface area (Å²) in [5.74, 6) is 0. The summed E-state index contributed by atoms with van der Waals surface area (Å²) >= 11 is 3.68. The van der Waals surface area contributed by atoms with Crippen LogP contribution in [0.1, 0.15) is 43.4 Å². The fraction of sp³-hybridized carbons (Fsp3) is 0.625. The Bertz CT molecular complexity index is 476. The van der Waals surface area contributed by atoms with Crippen LogP contribution in [0.15, 0.2) is 22.7 Å². The molecule has 1 saturated heterocycles. The molecule has 1 fully saturated rings. The van der Waals surface area contributed by atoms with Gasteiger partial charge in [0.25, 0.3) is 0 Å². The second-order valence-corrected chi connectivity index (χ2v) is 7.26. The summed E-state index contributed by atoms with van der Waals surface area (Å²) in [5, 5.41) is 9.62. The minimum atomic E-state index is 0.0903. The molecule has 0 spiro atoms. The number of piperidine rings is 1. The van der Waals surface area contributed by atoms with E-state index in [1.165, 1.54) is 41.4 Å². The quantitative estimate of drug-likeness (QED) is 0.900. The first-order valence-electron chi connectivity index (χ1n) is 7.25.